The van der Waals surface area contributed by atoms with E-state index in [0.29, 0.717) is 50.1 Å². The molecule has 2 atom stereocenters. The Balaban J connectivity index is 1.08. The first-order valence-electron chi connectivity index (χ1n) is 14.5. The highest BCUT2D eigenvalue weighted by molar-refractivity contribution is 5.33. The average Bonchev–Trinajstić information content (AvgIpc) is 2.97. The van der Waals surface area contributed by atoms with E-state index in [1.165, 1.54) is 0 Å². The zero-order valence-electron chi connectivity index (χ0n) is 23.0. The summed E-state index contributed by atoms with van der Waals surface area (Å²) in [5.74, 6) is 2.20. The van der Waals surface area contributed by atoms with Gasteiger partial charge in [-0.15, -0.1) is 0 Å². The van der Waals surface area contributed by atoms with Crippen LogP contribution in [0.5, 0.6) is 11.8 Å². The van der Waals surface area contributed by atoms with Gasteiger partial charge >= 0.3 is 0 Å². The lowest BCUT2D eigenvalue weighted by molar-refractivity contribution is -0.181. The topological polar surface area (TPSA) is 135 Å². The fourth-order valence-electron chi connectivity index (χ4n) is 6.07. The van der Waals surface area contributed by atoms with Crippen molar-refractivity contribution in [2.45, 2.75) is 50.7 Å². The Kier molecular flexibility index (Phi) is 8.20. The number of aliphatic hydroxyl groups excluding tert-OH is 2. The Morgan fingerprint density at radius 2 is 1.10 bits per heavy atom. The molecule has 0 bridgehead atoms. The summed E-state index contributed by atoms with van der Waals surface area (Å²) < 4.78 is 23.1. The molecule has 2 saturated carbocycles. The normalized spacial score (nSPS) is 23.4. The zero-order chi connectivity index (χ0) is 27.4. The number of nitrogens with zero attached hydrogens (tertiary/aromatic N) is 6. The van der Waals surface area contributed by atoms with Gasteiger partial charge in [0.1, 0.15) is 0 Å². The van der Waals surface area contributed by atoms with Crippen molar-refractivity contribution in [3.8, 4) is 11.8 Å². The highest BCUT2D eigenvalue weighted by atomic mass is 16.5. The number of aromatic nitrogens is 4. The summed E-state index contributed by atoms with van der Waals surface area (Å²) >= 11 is 0. The molecule has 2 aliphatic carbocycles. The lowest BCUT2D eigenvalue weighted by Gasteiger charge is -2.53. The first kappa shape index (κ1) is 27.4. The molecule has 2 aromatic heterocycles. The maximum absolute atomic E-state index is 11.6. The first-order chi connectivity index (χ1) is 19.6. The van der Waals surface area contributed by atoms with Crippen LogP contribution in [0.25, 0.3) is 0 Å². The number of ether oxygens (including phenoxy) is 4. The molecule has 2 N–H and O–H groups in total. The Morgan fingerprint density at radius 1 is 0.700 bits per heavy atom. The van der Waals surface area contributed by atoms with Gasteiger partial charge in [-0.05, 0) is 25.7 Å². The highest BCUT2D eigenvalue weighted by Gasteiger charge is 2.55. The van der Waals surface area contributed by atoms with Gasteiger partial charge in [0.05, 0.1) is 51.8 Å². The van der Waals surface area contributed by atoms with Gasteiger partial charge in [0.15, 0.2) is 0 Å². The molecule has 12 heteroatoms. The highest BCUT2D eigenvalue weighted by Crippen LogP contribution is 2.52. The average molecular weight is 557 g/mol. The molecule has 0 radical (unpaired) electrons. The van der Waals surface area contributed by atoms with Gasteiger partial charge in [0.25, 0.3) is 0 Å². The Bertz CT molecular complexity index is 1030. The fourth-order valence-corrected chi connectivity index (χ4v) is 6.07. The molecule has 40 heavy (non-hydrogen) atoms. The standard InChI is InChI=1S/C28H40N6O6/c35-23(27(5-1-6-27)19-39-21-3-9-29-25(31-21)33-11-15-37-16-12-33)24(36)28(7-2-8-28)20-40-22-4-10-30-26(32-22)34-13-17-38-18-14-34/h3-4,9-10,23-24,35-36H,1-2,5-8,11-20H2. The summed E-state index contributed by atoms with van der Waals surface area (Å²) in [6.07, 6.45) is 6.68. The molecule has 2 saturated heterocycles. The second kappa shape index (κ2) is 12.0. The van der Waals surface area contributed by atoms with E-state index in [0.717, 1.165) is 64.7 Å². The largest absolute Gasteiger partial charge is 0.477 e. The van der Waals surface area contributed by atoms with Gasteiger partial charge < -0.3 is 39.0 Å². The minimum absolute atomic E-state index is 0.288. The predicted molar refractivity (Wildman–Crippen MR) is 146 cm³/mol. The maximum atomic E-state index is 11.6. The molecular weight excluding hydrogens is 516 g/mol. The number of morpholine rings is 2. The third kappa shape index (κ3) is 5.67. The minimum Gasteiger partial charge on any atom is -0.477 e. The zero-order valence-corrected chi connectivity index (χ0v) is 23.0. The molecule has 6 rings (SSSR count). The lowest BCUT2D eigenvalue weighted by Crippen LogP contribution is -2.59. The second-order valence-electron chi connectivity index (χ2n) is 11.5. The molecule has 12 nitrogen and oxygen atoms in total. The van der Waals surface area contributed by atoms with Crippen LogP contribution in [0.4, 0.5) is 11.9 Å². The molecule has 2 aliphatic heterocycles. The predicted octanol–water partition coefficient (Wildman–Crippen LogP) is 1.46. The fraction of sp³-hybridized carbons (Fsp3) is 0.714. The van der Waals surface area contributed by atoms with E-state index in [1.54, 1.807) is 24.5 Å². The molecule has 2 aromatic rings. The van der Waals surface area contributed by atoms with Crippen molar-refractivity contribution in [3.05, 3.63) is 24.5 Å². The molecule has 0 amide bonds. The lowest BCUT2D eigenvalue weighted by atomic mass is 9.57. The van der Waals surface area contributed by atoms with E-state index in [9.17, 15) is 10.2 Å². The van der Waals surface area contributed by atoms with Crippen molar-refractivity contribution in [1.29, 1.82) is 0 Å². The Labute approximate surface area is 234 Å². The van der Waals surface area contributed by atoms with Crippen LogP contribution in [0.15, 0.2) is 24.5 Å². The molecule has 4 aliphatic rings. The van der Waals surface area contributed by atoms with Crippen LogP contribution in [0.2, 0.25) is 0 Å². The van der Waals surface area contributed by atoms with Crippen molar-refractivity contribution in [1.82, 2.24) is 19.9 Å². The first-order valence-corrected chi connectivity index (χ1v) is 14.5. The summed E-state index contributed by atoms with van der Waals surface area (Å²) in [4.78, 5) is 22.1. The van der Waals surface area contributed by atoms with Gasteiger partial charge in [-0.2, -0.15) is 9.97 Å². The SMILES string of the molecule is OC(C(O)C1(COc2ccnc(N3CCOCC3)n2)CCC1)C1(COc2ccnc(N3CCOCC3)n2)CCC1. The molecule has 2 unspecified atom stereocenters. The quantitative estimate of drug-likeness (QED) is 0.415. The third-order valence-corrected chi connectivity index (χ3v) is 9.09. The van der Waals surface area contributed by atoms with Gasteiger partial charge in [-0.25, -0.2) is 9.97 Å². The van der Waals surface area contributed by atoms with E-state index in [1.807, 2.05) is 0 Å². The second-order valence-corrected chi connectivity index (χ2v) is 11.5. The van der Waals surface area contributed by atoms with Crippen LogP contribution in [0, 0.1) is 10.8 Å². The van der Waals surface area contributed by atoms with Crippen LogP contribution in [-0.2, 0) is 9.47 Å². The Morgan fingerprint density at radius 3 is 1.45 bits per heavy atom. The monoisotopic (exact) mass is 556 g/mol. The molecule has 4 fully saturated rings. The van der Waals surface area contributed by atoms with E-state index in [2.05, 4.69) is 29.7 Å². The van der Waals surface area contributed by atoms with Gasteiger partial charge in [-0.1, -0.05) is 12.8 Å². The van der Waals surface area contributed by atoms with Gasteiger partial charge in [0, 0.05) is 61.5 Å². The summed E-state index contributed by atoms with van der Waals surface area (Å²) in [5, 5.41) is 23.1. The number of rotatable bonds is 11. The molecular formula is C28H40N6O6. The van der Waals surface area contributed by atoms with Crippen LogP contribution in [-0.4, -0.2) is 108 Å². The summed E-state index contributed by atoms with van der Waals surface area (Å²) in [6, 6.07) is 3.49. The van der Waals surface area contributed by atoms with E-state index in [4.69, 9.17) is 18.9 Å². The van der Waals surface area contributed by atoms with Crippen LogP contribution < -0.4 is 19.3 Å². The number of aliphatic hydroxyl groups is 2. The van der Waals surface area contributed by atoms with Gasteiger partial charge in [-0.3, -0.25) is 0 Å². The van der Waals surface area contributed by atoms with E-state index in [-0.39, 0.29) is 13.2 Å². The van der Waals surface area contributed by atoms with Crippen LogP contribution >= 0.6 is 0 Å². The van der Waals surface area contributed by atoms with Crippen molar-refractivity contribution < 1.29 is 29.2 Å². The molecule has 218 valence electrons. The summed E-state index contributed by atoms with van der Waals surface area (Å²) in [7, 11) is 0. The van der Waals surface area contributed by atoms with E-state index >= 15 is 0 Å². The number of hydrogen-bond acceptors (Lipinski definition) is 12. The van der Waals surface area contributed by atoms with Crippen molar-refractivity contribution in [3.63, 3.8) is 0 Å². The molecule has 0 spiro atoms. The molecule has 4 heterocycles. The van der Waals surface area contributed by atoms with Crippen LogP contribution in [0.1, 0.15) is 38.5 Å². The minimum atomic E-state index is -0.931. The van der Waals surface area contributed by atoms with Crippen molar-refractivity contribution >= 4 is 11.9 Å². The van der Waals surface area contributed by atoms with Crippen molar-refractivity contribution in [2.75, 3.05) is 75.6 Å². The smallest absolute Gasteiger partial charge is 0.228 e. The van der Waals surface area contributed by atoms with E-state index < -0.39 is 23.0 Å². The molecule has 0 aromatic carbocycles. The van der Waals surface area contributed by atoms with Gasteiger partial charge in [0.2, 0.25) is 23.7 Å². The summed E-state index contributed by atoms with van der Waals surface area (Å²) in [5.41, 5.74) is -1.05. The Hall–Kier alpha value is -2.80. The van der Waals surface area contributed by atoms with Crippen LogP contribution in [0.3, 0.4) is 0 Å². The summed E-state index contributed by atoms with van der Waals surface area (Å²) in [6.45, 7) is 6.15. The maximum Gasteiger partial charge on any atom is 0.228 e. The third-order valence-electron chi connectivity index (χ3n) is 9.09. The number of hydrogen-bond donors (Lipinski definition) is 2. The number of anilines is 2. The van der Waals surface area contributed by atoms with Crippen molar-refractivity contribution in [2.24, 2.45) is 10.8 Å².